The van der Waals surface area contributed by atoms with Crippen LogP contribution in [0.25, 0.3) is 0 Å². The van der Waals surface area contributed by atoms with Gasteiger partial charge >= 0.3 is 0 Å². The van der Waals surface area contributed by atoms with Gasteiger partial charge < -0.3 is 10.6 Å². The maximum atomic E-state index is 11.5. The van der Waals surface area contributed by atoms with Gasteiger partial charge in [0.2, 0.25) is 5.91 Å². The number of amides is 1. The summed E-state index contributed by atoms with van der Waals surface area (Å²) >= 11 is 0. The minimum Gasteiger partial charge on any atom is -0.371 e. The molecule has 1 saturated heterocycles. The summed E-state index contributed by atoms with van der Waals surface area (Å²) in [5.74, 6) is -0.315. The van der Waals surface area contributed by atoms with Crippen LogP contribution in [0.15, 0.2) is 12.1 Å². The van der Waals surface area contributed by atoms with E-state index in [1.54, 1.807) is 0 Å². The van der Waals surface area contributed by atoms with Crippen LogP contribution in [0.5, 0.6) is 0 Å². The van der Waals surface area contributed by atoms with E-state index in [0.29, 0.717) is 5.56 Å². The van der Waals surface area contributed by atoms with Gasteiger partial charge in [0.25, 0.3) is 0 Å². The molecule has 0 radical (unpaired) electrons. The van der Waals surface area contributed by atoms with Crippen LogP contribution in [0, 0.1) is 6.92 Å². The average molecular weight is 246 g/mol. The molecule has 3 nitrogen and oxygen atoms in total. The van der Waals surface area contributed by atoms with E-state index < -0.39 is 0 Å². The maximum Gasteiger partial charge on any atom is 0.249 e. The molecule has 1 heterocycles. The molecule has 1 amide bonds. The van der Waals surface area contributed by atoms with Crippen LogP contribution in [0.3, 0.4) is 0 Å². The molecule has 2 N–H and O–H groups in total. The molecule has 1 aromatic carbocycles. The number of primary amides is 1. The quantitative estimate of drug-likeness (QED) is 0.891. The van der Waals surface area contributed by atoms with E-state index in [1.807, 2.05) is 12.1 Å². The Bertz CT molecular complexity index is 448. The molecule has 0 aliphatic carbocycles. The van der Waals surface area contributed by atoms with Crippen molar-refractivity contribution in [1.29, 1.82) is 0 Å². The summed E-state index contributed by atoms with van der Waals surface area (Å²) in [5, 5.41) is 0. The van der Waals surface area contributed by atoms with Gasteiger partial charge in [0.1, 0.15) is 0 Å². The topological polar surface area (TPSA) is 46.3 Å². The minimum absolute atomic E-state index is 0.315. The van der Waals surface area contributed by atoms with E-state index >= 15 is 0 Å². The van der Waals surface area contributed by atoms with Gasteiger partial charge in [-0.05, 0) is 49.8 Å². The molecular weight excluding hydrogens is 224 g/mol. The first-order valence-corrected chi connectivity index (χ1v) is 6.82. The molecule has 0 saturated carbocycles. The standard InChI is InChI=1S/C15H22N2O/c1-3-12-13(15(16)18)8-7-11(2)14(12)17-9-5-4-6-10-17/h7-8H,3-6,9-10H2,1-2H3,(H2,16,18). The lowest BCUT2D eigenvalue weighted by atomic mass is 9.96. The van der Waals surface area contributed by atoms with Crippen LogP contribution >= 0.6 is 0 Å². The number of piperidine rings is 1. The molecule has 18 heavy (non-hydrogen) atoms. The molecule has 0 unspecified atom stereocenters. The summed E-state index contributed by atoms with van der Waals surface area (Å²) < 4.78 is 0. The first kappa shape index (κ1) is 12.9. The Morgan fingerprint density at radius 3 is 2.50 bits per heavy atom. The molecule has 2 rings (SSSR count). The molecule has 1 aromatic rings. The molecule has 1 aliphatic heterocycles. The van der Waals surface area contributed by atoms with Crippen molar-refractivity contribution in [2.75, 3.05) is 18.0 Å². The highest BCUT2D eigenvalue weighted by Crippen LogP contribution is 2.30. The van der Waals surface area contributed by atoms with Gasteiger partial charge in [0.05, 0.1) is 0 Å². The van der Waals surface area contributed by atoms with Gasteiger partial charge in [-0.2, -0.15) is 0 Å². The summed E-state index contributed by atoms with van der Waals surface area (Å²) in [6, 6.07) is 3.88. The lowest BCUT2D eigenvalue weighted by molar-refractivity contribution is 0.0999. The third-order valence-corrected chi connectivity index (χ3v) is 3.78. The summed E-state index contributed by atoms with van der Waals surface area (Å²) in [7, 11) is 0. The first-order chi connectivity index (χ1) is 8.65. The van der Waals surface area contributed by atoms with Gasteiger partial charge in [-0.15, -0.1) is 0 Å². The number of anilines is 1. The van der Waals surface area contributed by atoms with Crippen LogP contribution in [-0.2, 0) is 6.42 Å². The van der Waals surface area contributed by atoms with Crippen LogP contribution in [0.1, 0.15) is 47.7 Å². The fourth-order valence-electron chi connectivity index (χ4n) is 2.90. The highest BCUT2D eigenvalue weighted by Gasteiger charge is 2.19. The van der Waals surface area contributed by atoms with E-state index in [-0.39, 0.29) is 5.91 Å². The summed E-state index contributed by atoms with van der Waals surface area (Å²) in [4.78, 5) is 14.0. The summed E-state index contributed by atoms with van der Waals surface area (Å²) in [6.07, 6.45) is 4.64. The molecule has 0 spiro atoms. The molecule has 0 atom stereocenters. The summed E-state index contributed by atoms with van der Waals surface area (Å²) in [6.45, 7) is 6.40. The van der Waals surface area contributed by atoms with Crippen molar-refractivity contribution in [3.05, 3.63) is 28.8 Å². The number of hydrogen-bond donors (Lipinski definition) is 1. The molecule has 1 fully saturated rings. The second-order valence-electron chi connectivity index (χ2n) is 5.02. The predicted molar refractivity (Wildman–Crippen MR) is 75.1 cm³/mol. The second-order valence-corrected chi connectivity index (χ2v) is 5.02. The maximum absolute atomic E-state index is 11.5. The van der Waals surface area contributed by atoms with Crippen LogP contribution < -0.4 is 10.6 Å². The van der Waals surface area contributed by atoms with Crippen molar-refractivity contribution in [2.45, 2.75) is 39.5 Å². The highest BCUT2D eigenvalue weighted by molar-refractivity contribution is 5.96. The molecule has 0 aromatic heterocycles. The van der Waals surface area contributed by atoms with E-state index in [0.717, 1.165) is 25.1 Å². The molecule has 98 valence electrons. The number of carbonyl (C=O) groups excluding carboxylic acids is 1. The third kappa shape index (κ3) is 2.35. The van der Waals surface area contributed by atoms with Gasteiger partial charge in [0, 0.05) is 24.3 Å². The fraction of sp³-hybridized carbons (Fsp3) is 0.533. The number of nitrogens with two attached hydrogens (primary N) is 1. The Morgan fingerprint density at radius 2 is 1.94 bits per heavy atom. The zero-order chi connectivity index (χ0) is 13.1. The lowest BCUT2D eigenvalue weighted by Crippen LogP contribution is -2.31. The fourth-order valence-corrected chi connectivity index (χ4v) is 2.90. The Hall–Kier alpha value is -1.51. The van der Waals surface area contributed by atoms with Gasteiger partial charge in [-0.3, -0.25) is 4.79 Å². The minimum atomic E-state index is -0.315. The van der Waals surface area contributed by atoms with E-state index in [9.17, 15) is 4.79 Å². The number of aryl methyl sites for hydroxylation is 1. The molecular formula is C15H22N2O. The SMILES string of the molecule is CCc1c(C(N)=O)ccc(C)c1N1CCCCC1. The smallest absolute Gasteiger partial charge is 0.249 e. The van der Waals surface area contributed by atoms with Crippen molar-refractivity contribution in [2.24, 2.45) is 5.73 Å². The monoisotopic (exact) mass is 246 g/mol. The zero-order valence-corrected chi connectivity index (χ0v) is 11.3. The lowest BCUT2D eigenvalue weighted by Gasteiger charge is -2.32. The van der Waals surface area contributed by atoms with Crippen molar-refractivity contribution in [3.63, 3.8) is 0 Å². The second kappa shape index (κ2) is 5.42. The number of nitrogens with zero attached hydrogens (tertiary/aromatic N) is 1. The molecule has 0 bridgehead atoms. The predicted octanol–water partition coefficient (Wildman–Crippen LogP) is 2.65. The van der Waals surface area contributed by atoms with Gasteiger partial charge in [0.15, 0.2) is 0 Å². The van der Waals surface area contributed by atoms with E-state index in [1.165, 1.54) is 30.5 Å². The van der Waals surface area contributed by atoms with Crippen molar-refractivity contribution < 1.29 is 4.79 Å². The van der Waals surface area contributed by atoms with Gasteiger partial charge in [-0.1, -0.05) is 13.0 Å². The number of rotatable bonds is 3. The Kier molecular flexibility index (Phi) is 3.90. The molecule has 1 aliphatic rings. The Labute approximate surface area is 109 Å². The van der Waals surface area contributed by atoms with Crippen LogP contribution in [0.2, 0.25) is 0 Å². The number of hydrogen-bond acceptors (Lipinski definition) is 2. The largest absolute Gasteiger partial charge is 0.371 e. The summed E-state index contributed by atoms with van der Waals surface area (Å²) in [5.41, 5.74) is 9.77. The van der Waals surface area contributed by atoms with Crippen molar-refractivity contribution in [3.8, 4) is 0 Å². The Balaban J connectivity index is 2.49. The Morgan fingerprint density at radius 1 is 1.28 bits per heavy atom. The first-order valence-electron chi connectivity index (χ1n) is 6.82. The average Bonchev–Trinajstić information content (AvgIpc) is 2.38. The normalized spacial score (nSPS) is 15.8. The van der Waals surface area contributed by atoms with Crippen molar-refractivity contribution >= 4 is 11.6 Å². The van der Waals surface area contributed by atoms with Crippen LogP contribution in [-0.4, -0.2) is 19.0 Å². The molecule has 3 heteroatoms. The number of benzene rings is 1. The third-order valence-electron chi connectivity index (χ3n) is 3.78. The number of carbonyl (C=O) groups is 1. The zero-order valence-electron chi connectivity index (χ0n) is 11.3. The van der Waals surface area contributed by atoms with Gasteiger partial charge in [-0.25, -0.2) is 0 Å². The van der Waals surface area contributed by atoms with E-state index in [4.69, 9.17) is 5.73 Å². The van der Waals surface area contributed by atoms with Crippen LogP contribution in [0.4, 0.5) is 5.69 Å². The van der Waals surface area contributed by atoms with Crippen molar-refractivity contribution in [1.82, 2.24) is 0 Å². The highest BCUT2D eigenvalue weighted by atomic mass is 16.1. The van der Waals surface area contributed by atoms with E-state index in [2.05, 4.69) is 18.7 Å².